The fourth-order valence-corrected chi connectivity index (χ4v) is 4.91. The van der Waals surface area contributed by atoms with Gasteiger partial charge in [-0.25, -0.2) is 12.8 Å². The highest BCUT2D eigenvalue weighted by atomic mass is 32.2. The van der Waals surface area contributed by atoms with Crippen molar-refractivity contribution in [3.05, 3.63) is 65.0 Å². The predicted molar refractivity (Wildman–Crippen MR) is 142 cm³/mol. The maximum Gasteiger partial charge on any atom is 0.242 e. The highest BCUT2D eigenvalue weighted by Crippen LogP contribution is 2.22. The topological polar surface area (TPSA) is 86.8 Å². The second kappa shape index (κ2) is 12.9. The van der Waals surface area contributed by atoms with E-state index in [4.69, 9.17) is 0 Å². The summed E-state index contributed by atoms with van der Waals surface area (Å²) in [4.78, 5) is 27.5. The number of sulfonamides is 1. The van der Waals surface area contributed by atoms with Crippen LogP contribution in [0.1, 0.15) is 56.7 Å². The van der Waals surface area contributed by atoms with E-state index in [9.17, 15) is 22.4 Å². The quantitative estimate of drug-likeness (QED) is 0.453. The van der Waals surface area contributed by atoms with Crippen molar-refractivity contribution in [1.82, 2.24) is 10.2 Å². The molecule has 7 nitrogen and oxygen atoms in total. The number of nitrogens with one attached hydrogen (secondary N) is 1. The molecule has 0 aromatic heterocycles. The largest absolute Gasteiger partial charge is 0.352 e. The first-order chi connectivity index (χ1) is 16.8. The van der Waals surface area contributed by atoms with Crippen molar-refractivity contribution < 1.29 is 22.4 Å². The third-order valence-corrected chi connectivity index (χ3v) is 7.31. The normalized spacial score (nSPS) is 13.1. The molecule has 9 heteroatoms. The first kappa shape index (κ1) is 29.3. The molecule has 0 radical (unpaired) electrons. The van der Waals surface area contributed by atoms with Gasteiger partial charge in [-0.15, -0.1) is 0 Å². The highest BCUT2D eigenvalue weighted by Gasteiger charge is 2.28. The third-order valence-electron chi connectivity index (χ3n) is 6.11. The zero-order valence-electron chi connectivity index (χ0n) is 22.0. The Bertz CT molecular complexity index is 1150. The van der Waals surface area contributed by atoms with Crippen molar-refractivity contribution in [2.24, 2.45) is 0 Å². The Morgan fingerprint density at radius 1 is 1.06 bits per heavy atom. The molecule has 1 N–H and O–H groups in total. The van der Waals surface area contributed by atoms with Crippen LogP contribution in [-0.4, -0.2) is 50.0 Å². The molecule has 198 valence electrons. The number of nitrogens with zero attached hydrogens (tertiary/aromatic N) is 2. The van der Waals surface area contributed by atoms with Gasteiger partial charge in [0.05, 0.1) is 11.9 Å². The lowest BCUT2D eigenvalue weighted by atomic mass is 10.1. The number of amides is 2. The zero-order valence-corrected chi connectivity index (χ0v) is 22.9. The van der Waals surface area contributed by atoms with Gasteiger partial charge in [0.15, 0.2) is 0 Å². The molecular weight excluding hydrogens is 481 g/mol. The van der Waals surface area contributed by atoms with Gasteiger partial charge < -0.3 is 10.2 Å². The Morgan fingerprint density at radius 2 is 1.67 bits per heavy atom. The van der Waals surface area contributed by atoms with E-state index in [1.165, 1.54) is 15.3 Å². The van der Waals surface area contributed by atoms with Crippen molar-refractivity contribution >= 4 is 27.5 Å². The summed E-state index contributed by atoms with van der Waals surface area (Å²) in [6, 6.07) is 10.8. The molecule has 2 aromatic carbocycles. The number of hydrogen-bond donors (Lipinski definition) is 1. The molecule has 36 heavy (non-hydrogen) atoms. The fourth-order valence-electron chi connectivity index (χ4n) is 3.96. The van der Waals surface area contributed by atoms with E-state index < -0.39 is 21.9 Å². The number of carbonyl (C=O) groups is 2. The van der Waals surface area contributed by atoms with Gasteiger partial charge in [0.2, 0.25) is 21.8 Å². The summed E-state index contributed by atoms with van der Waals surface area (Å²) in [5.74, 6) is -1.12. The van der Waals surface area contributed by atoms with Crippen LogP contribution in [-0.2, 0) is 26.2 Å². The lowest BCUT2D eigenvalue weighted by molar-refractivity contribution is -0.141. The summed E-state index contributed by atoms with van der Waals surface area (Å²) in [5.41, 5.74) is 2.73. The highest BCUT2D eigenvalue weighted by molar-refractivity contribution is 7.92. The number of anilines is 1. The van der Waals surface area contributed by atoms with Gasteiger partial charge in [-0.3, -0.25) is 13.9 Å². The fraction of sp³-hybridized carbons (Fsp3) is 0.481. The average molecular weight is 520 g/mol. The van der Waals surface area contributed by atoms with Crippen molar-refractivity contribution in [3.8, 4) is 0 Å². The summed E-state index contributed by atoms with van der Waals surface area (Å²) in [5, 5.41) is 2.88. The minimum Gasteiger partial charge on any atom is -0.352 e. The van der Waals surface area contributed by atoms with Gasteiger partial charge in [-0.1, -0.05) is 31.2 Å². The summed E-state index contributed by atoms with van der Waals surface area (Å²) in [6.45, 7) is 9.28. The molecule has 0 saturated carbocycles. The molecule has 0 fully saturated rings. The van der Waals surface area contributed by atoms with Crippen LogP contribution >= 0.6 is 0 Å². The van der Waals surface area contributed by atoms with Crippen molar-refractivity contribution in [1.29, 1.82) is 0 Å². The molecule has 2 atom stereocenters. The van der Waals surface area contributed by atoms with E-state index in [0.717, 1.165) is 23.8 Å². The first-order valence-electron chi connectivity index (χ1n) is 12.2. The summed E-state index contributed by atoms with van der Waals surface area (Å²) < 4.78 is 40.7. The molecule has 0 aliphatic carbocycles. The van der Waals surface area contributed by atoms with Crippen LogP contribution in [0, 0.1) is 19.7 Å². The molecule has 2 amide bonds. The Balaban J connectivity index is 2.21. The lowest BCUT2D eigenvalue weighted by Gasteiger charge is -2.30. The molecule has 0 aliphatic heterocycles. The van der Waals surface area contributed by atoms with Crippen molar-refractivity contribution in [2.45, 2.75) is 72.5 Å². The second-order valence-electron chi connectivity index (χ2n) is 9.39. The molecule has 2 rings (SSSR count). The van der Waals surface area contributed by atoms with Crippen LogP contribution in [0.3, 0.4) is 0 Å². The molecule has 0 saturated heterocycles. The minimum absolute atomic E-state index is 0.00617. The Morgan fingerprint density at radius 3 is 2.22 bits per heavy atom. The molecule has 0 unspecified atom stereocenters. The second-order valence-corrected chi connectivity index (χ2v) is 11.3. The van der Waals surface area contributed by atoms with Crippen LogP contribution < -0.4 is 9.62 Å². The van der Waals surface area contributed by atoms with Gasteiger partial charge in [-0.05, 0) is 69.9 Å². The van der Waals surface area contributed by atoms with E-state index >= 15 is 0 Å². The third kappa shape index (κ3) is 8.33. The van der Waals surface area contributed by atoms with Crippen molar-refractivity contribution in [2.75, 3.05) is 17.1 Å². The molecule has 0 spiro atoms. The number of aryl methyl sites for hydroxylation is 2. The zero-order chi connectivity index (χ0) is 27.0. The van der Waals surface area contributed by atoms with E-state index in [2.05, 4.69) is 5.32 Å². The first-order valence-corrected chi connectivity index (χ1v) is 14.1. The van der Waals surface area contributed by atoms with Crippen LogP contribution in [0.5, 0.6) is 0 Å². The van der Waals surface area contributed by atoms with Gasteiger partial charge in [0.25, 0.3) is 0 Å². The number of hydrogen-bond acceptors (Lipinski definition) is 4. The predicted octanol–water partition coefficient (Wildman–Crippen LogP) is 4.32. The Labute approximate surface area is 214 Å². The minimum atomic E-state index is -3.58. The van der Waals surface area contributed by atoms with Gasteiger partial charge in [0, 0.05) is 31.1 Å². The maximum absolute atomic E-state index is 14.4. The van der Waals surface area contributed by atoms with Gasteiger partial charge in [0.1, 0.15) is 11.9 Å². The summed E-state index contributed by atoms with van der Waals surface area (Å²) >= 11 is 0. The average Bonchev–Trinajstić information content (AvgIpc) is 2.79. The molecule has 0 bridgehead atoms. The molecule has 0 aliphatic rings. The SMILES string of the molecule is CC[C@@H](C)NC(=O)[C@@H](C)N(Cc1ccccc1F)C(=O)CCCN(c1cc(C)cc(C)c1)S(C)(=O)=O. The number of rotatable bonds is 12. The van der Waals surface area contributed by atoms with E-state index in [-0.39, 0.29) is 43.8 Å². The summed E-state index contributed by atoms with van der Waals surface area (Å²) in [7, 11) is -3.58. The van der Waals surface area contributed by atoms with Crippen molar-refractivity contribution in [3.63, 3.8) is 0 Å². The van der Waals surface area contributed by atoms with Crippen LogP contribution in [0.4, 0.5) is 10.1 Å². The molecule has 2 aromatic rings. The summed E-state index contributed by atoms with van der Waals surface area (Å²) in [6.07, 6.45) is 2.12. The van der Waals surface area contributed by atoms with E-state index in [1.54, 1.807) is 37.3 Å². The van der Waals surface area contributed by atoms with Crippen LogP contribution in [0.15, 0.2) is 42.5 Å². The van der Waals surface area contributed by atoms with Gasteiger partial charge in [-0.2, -0.15) is 0 Å². The van der Waals surface area contributed by atoms with Crippen LogP contribution in [0.25, 0.3) is 0 Å². The number of carbonyl (C=O) groups excluding carboxylic acids is 2. The monoisotopic (exact) mass is 519 g/mol. The van der Waals surface area contributed by atoms with E-state index in [0.29, 0.717) is 11.3 Å². The standard InChI is InChI=1S/C27H38FN3O4S/c1-7-21(4)29-27(33)22(5)30(18-23-11-8-9-12-25(23)28)26(32)13-10-14-31(36(6,34)35)24-16-19(2)15-20(3)17-24/h8-9,11-12,15-17,21-22H,7,10,13-14,18H2,1-6H3,(H,29,33)/t21-,22-/m1/s1. The van der Waals surface area contributed by atoms with Crippen LogP contribution in [0.2, 0.25) is 0 Å². The lowest BCUT2D eigenvalue weighted by Crippen LogP contribution is -2.49. The van der Waals surface area contributed by atoms with Gasteiger partial charge >= 0.3 is 0 Å². The molecular formula is C27H38FN3O4S. The Kier molecular flexibility index (Phi) is 10.5. The number of benzene rings is 2. The Hall–Kier alpha value is -2.94. The smallest absolute Gasteiger partial charge is 0.242 e. The number of halogens is 1. The molecule has 0 heterocycles. The maximum atomic E-state index is 14.4. The van der Waals surface area contributed by atoms with E-state index in [1.807, 2.05) is 33.8 Å².